The minimum absolute atomic E-state index is 0.250. The number of benzene rings is 1. The molecule has 0 unspecified atom stereocenters. The number of hydrogen-bond acceptors (Lipinski definition) is 5. The van der Waals surface area contributed by atoms with Crippen LogP contribution in [0.4, 0.5) is 8.78 Å². The van der Waals surface area contributed by atoms with Gasteiger partial charge < -0.3 is 4.42 Å². The topological polar surface area (TPSA) is 89.6 Å². The van der Waals surface area contributed by atoms with Crippen molar-refractivity contribution in [1.82, 2.24) is 24.7 Å². The van der Waals surface area contributed by atoms with E-state index in [1.54, 1.807) is 12.1 Å². The summed E-state index contributed by atoms with van der Waals surface area (Å²) in [6.07, 6.45) is 0.218. The summed E-state index contributed by atoms with van der Waals surface area (Å²) in [7, 11) is 0. The van der Waals surface area contributed by atoms with E-state index < -0.39 is 18.7 Å². The maximum Gasteiger partial charge on any atom is 0.417 e. The molecule has 0 spiro atoms. The third kappa shape index (κ3) is 2.33. The summed E-state index contributed by atoms with van der Waals surface area (Å²) in [6.45, 7) is -0.560. The second-order valence-electron chi connectivity index (χ2n) is 5.00. The first-order chi connectivity index (χ1) is 11.5. The van der Waals surface area contributed by atoms with Crippen LogP contribution in [0.5, 0.6) is 0 Å². The van der Waals surface area contributed by atoms with Crippen molar-refractivity contribution >= 4 is 33.9 Å². The fourth-order valence-electron chi connectivity index (χ4n) is 2.46. The van der Waals surface area contributed by atoms with Gasteiger partial charge in [0.05, 0.1) is 23.1 Å². The Morgan fingerprint density at radius 2 is 2.17 bits per heavy atom. The number of hydrogen-bond donors (Lipinski definition) is 1. The lowest BCUT2D eigenvalue weighted by Gasteiger charge is -2.04. The molecular weight excluding hydrogens is 344 g/mol. The molecule has 0 aliphatic heterocycles. The average molecular weight is 352 g/mol. The number of aromatic amines is 1. The molecule has 0 radical (unpaired) electrons. The summed E-state index contributed by atoms with van der Waals surface area (Å²) in [5, 5.41) is 4.19. The van der Waals surface area contributed by atoms with Crippen LogP contribution < -0.4 is 5.76 Å². The quantitative estimate of drug-likeness (QED) is 0.613. The van der Waals surface area contributed by atoms with Crippen molar-refractivity contribution in [3.05, 3.63) is 40.1 Å². The Balaban J connectivity index is 1.88. The van der Waals surface area contributed by atoms with E-state index in [0.717, 1.165) is 4.68 Å². The molecule has 1 aromatic carbocycles. The van der Waals surface area contributed by atoms with Crippen LogP contribution >= 0.6 is 11.6 Å². The van der Waals surface area contributed by atoms with Gasteiger partial charge in [-0.1, -0.05) is 11.6 Å². The van der Waals surface area contributed by atoms with E-state index in [1.807, 2.05) is 0 Å². The van der Waals surface area contributed by atoms with Gasteiger partial charge in [0.15, 0.2) is 11.2 Å². The smallest absolute Gasteiger partial charge is 0.407 e. The van der Waals surface area contributed by atoms with Crippen LogP contribution in [-0.2, 0) is 6.54 Å². The first kappa shape index (κ1) is 14.8. The molecule has 0 saturated carbocycles. The third-order valence-corrected chi connectivity index (χ3v) is 3.77. The number of alkyl halides is 2. The van der Waals surface area contributed by atoms with E-state index in [9.17, 15) is 13.6 Å². The molecule has 0 amide bonds. The molecule has 0 fully saturated rings. The molecule has 0 atom stereocenters. The SMILES string of the molecule is O=c1[nH]c2c(Cl)ccc(-c3cnc4c(cnn4CC(F)F)n3)c2o1. The molecule has 0 aliphatic carbocycles. The molecule has 0 saturated heterocycles. The van der Waals surface area contributed by atoms with E-state index >= 15 is 0 Å². The van der Waals surface area contributed by atoms with E-state index in [0.29, 0.717) is 27.3 Å². The minimum atomic E-state index is -2.54. The normalized spacial score (nSPS) is 11.8. The van der Waals surface area contributed by atoms with Crippen LogP contribution in [0, 0.1) is 0 Å². The van der Waals surface area contributed by atoms with Crippen molar-refractivity contribution in [3.63, 3.8) is 0 Å². The highest BCUT2D eigenvalue weighted by molar-refractivity contribution is 6.35. The zero-order valence-corrected chi connectivity index (χ0v) is 12.6. The summed E-state index contributed by atoms with van der Waals surface area (Å²) in [4.78, 5) is 22.4. The lowest BCUT2D eigenvalue weighted by atomic mass is 10.1. The van der Waals surface area contributed by atoms with Crippen molar-refractivity contribution in [3.8, 4) is 11.3 Å². The molecule has 10 heteroatoms. The first-order valence-corrected chi connectivity index (χ1v) is 7.19. The van der Waals surface area contributed by atoms with Crippen LogP contribution in [0.2, 0.25) is 5.02 Å². The van der Waals surface area contributed by atoms with Gasteiger partial charge in [0.1, 0.15) is 17.6 Å². The number of fused-ring (bicyclic) bond motifs is 2. The van der Waals surface area contributed by atoms with E-state index in [-0.39, 0.29) is 11.2 Å². The second kappa shape index (κ2) is 5.38. The zero-order chi connectivity index (χ0) is 16.8. The Bertz CT molecular complexity index is 1120. The molecule has 3 aromatic heterocycles. The number of rotatable bonds is 3. The fourth-order valence-corrected chi connectivity index (χ4v) is 2.65. The standard InChI is InChI=1S/C14H8ClF2N5O2/c15-7-2-1-6(12-11(7)21-14(23)24-12)8-3-18-13-9(20-8)4-19-22(13)5-10(16)17/h1-4,10H,5H2,(H,21,23). The molecule has 4 rings (SSSR count). The molecule has 3 heterocycles. The van der Waals surface area contributed by atoms with Gasteiger partial charge in [-0.05, 0) is 12.1 Å². The number of nitrogens with zero attached hydrogens (tertiary/aromatic N) is 4. The lowest BCUT2D eigenvalue weighted by molar-refractivity contribution is 0.123. The van der Waals surface area contributed by atoms with Gasteiger partial charge in [-0.2, -0.15) is 5.10 Å². The number of H-pyrrole nitrogens is 1. The maximum absolute atomic E-state index is 12.5. The number of halogens is 3. The molecule has 0 bridgehead atoms. The van der Waals surface area contributed by atoms with Gasteiger partial charge in [0, 0.05) is 5.56 Å². The fraction of sp³-hybridized carbons (Fsp3) is 0.143. The number of aromatic nitrogens is 5. The molecule has 4 aromatic rings. The second-order valence-corrected chi connectivity index (χ2v) is 5.40. The van der Waals surface area contributed by atoms with Crippen molar-refractivity contribution < 1.29 is 13.2 Å². The minimum Gasteiger partial charge on any atom is -0.407 e. The molecule has 0 aliphatic rings. The molecule has 24 heavy (non-hydrogen) atoms. The van der Waals surface area contributed by atoms with Crippen molar-refractivity contribution in [2.45, 2.75) is 13.0 Å². The first-order valence-electron chi connectivity index (χ1n) is 6.81. The van der Waals surface area contributed by atoms with Crippen LogP contribution in [0.1, 0.15) is 0 Å². The Labute approximate surface area is 136 Å². The van der Waals surface area contributed by atoms with Crippen molar-refractivity contribution in [2.75, 3.05) is 0 Å². The van der Waals surface area contributed by atoms with E-state index in [2.05, 4.69) is 20.1 Å². The lowest BCUT2D eigenvalue weighted by Crippen LogP contribution is -2.08. The molecule has 7 nitrogen and oxygen atoms in total. The van der Waals surface area contributed by atoms with E-state index in [4.69, 9.17) is 16.0 Å². The van der Waals surface area contributed by atoms with Gasteiger partial charge in [-0.3, -0.25) is 4.98 Å². The largest absolute Gasteiger partial charge is 0.417 e. The number of oxazole rings is 1. The van der Waals surface area contributed by atoms with Gasteiger partial charge in [-0.25, -0.2) is 28.2 Å². The van der Waals surface area contributed by atoms with Crippen molar-refractivity contribution in [1.29, 1.82) is 0 Å². The monoisotopic (exact) mass is 351 g/mol. The summed E-state index contributed by atoms with van der Waals surface area (Å²) < 4.78 is 31.2. The predicted molar refractivity (Wildman–Crippen MR) is 82.2 cm³/mol. The highest BCUT2D eigenvalue weighted by atomic mass is 35.5. The Morgan fingerprint density at radius 1 is 1.33 bits per heavy atom. The van der Waals surface area contributed by atoms with E-state index in [1.165, 1.54) is 12.4 Å². The Morgan fingerprint density at radius 3 is 2.96 bits per heavy atom. The highest BCUT2D eigenvalue weighted by Crippen LogP contribution is 2.30. The highest BCUT2D eigenvalue weighted by Gasteiger charge is 2.16. The summed E-state index contributed by atoms with van der Waals surface area (Å²) >= 11 is 6.03. The summed E-state index contributed by atoms with van der Waals surface area (Å²) in [5.74, 6) is -0.641. The number of nitrogens with one attached hydrogen (secondary N) is 1. The third-order valence-electron chi connectivity index (χ3n) is 3.46. The Kier molecular flexibility index (Phi) is 3.31. The van der Waals surface area contributed by atoms with Gasteiger partial charge in [0.25, 0.3) is 6.43 Å². The summed E-state index contributed by atoms with van der Waals surface area (Å²) in [5.41, 5.74) is 2.12. The van der Waals surface area contributed by atoms with Crippen LogP contribution in [-0.4, -0.2) is 31.2 Å². The zero-order valence-electron chi connectivity index (χ0n) is 11.8. The predicted octanol–water partition coefficient (Wildman–Crippen LogP) is 2.85. The van der Waals surface area contributed by atoms with Crippen LogP contribution in [0.15, 0.2) is 33.7 Å². The molecule has 1 N–H and O–H groups in total. The van der Waals surface area contributed by atoms with Gasteiger partial charge >= 0.3 is 5.76 Å². The summed E-state index contributed by atoms with van der Waals surface area (Å²) in [6, 6.07) is 3.23. The van der Waals surface area contributed by atoms with Crippen LogP contribution in [0.3, 0.4) is 0 Å². The molecular formula is C14H8ClF2N5O2. The Hall–Kier alpha value is -2.81. The average Bonchev–Trinajstić information content (AvgIpc) is 3.11. The molecule has 122 valence electrons. The van der Waals surface area contributed by atoms with Gasteiger partial charge in [-0.15, -0.1) is 0 Å². The van der Waals surface area contributed by atoms with Crippen LogP contribution in [0.25, 0.3) is 33.5 Å². The van der Waals surface area contributed by atoms with Crippen molar-refractivity contribution in [2.24, 2.45) is 0 Å². The maximum atomic E-state index is 12.5. The van der Waals surface area contributed by atoms with Gasteiger partial charge in [0.2, 0.25) is 0 Å².